The van der Waals surface area contributed by atoms with E-state index in [1.54, 1.807) is 14.0 Å². The van der Waals surface area contributed by atoms with Gasteiger partial charge in [-0.3, -0.25) is 4.79 Å². The van der Waals surface area contributed by atoms with Crippen LogP contribution in [0.2, 0.25) is 0 Å². The van der Waals surface area contributed by atoms with E-state index in [1.807, 2.05) is 51.1 Å². The molecule has 2 aromatic rings. The number of ether oxygens (including phenoxy) is 2. The minimum atomic E-state index is -0.570. The highest BCUT2D eigenvalue weighted by molar-refractivity contribution is 5.80. The van der Waals surface area contributed by atoms with Gasteiger partial charge in [-0.25, -0.2) is 0 Å². The van der Waals surface area contributed by atoms with Crippen LogP contribution in [0.5, 0.6) is 11.5 Å². The molecule has 0 radical (unpaired) electrons. The van der Waals surface area contributed by atoms with Gasteiger partial charge in [0, 0.05) is 12.1 Å². The quantitative estimate of drug-likeness (QED) is 0.880. The Balaban J connectivity index is 2.00. The number of amides is 1. The lowest BCUT2D eigenvalue weighted by molar-refractivity contribution is -0.127. The first-order chi connectivity index (χ1) is 11.4. The Bertz CT molecular complexity index is 725. The molecule has 1 amide bonds. The van der Waals surface area contributed by atoms with Gasteiger partial charge in [0.15, 0.2) is 6.10 Å². The topological polar surface area (TPSA) is 47.6 Å². The van der Waals surface area contributed by atoms with Crippen molar-refractivity contribution in [2.45, 2.75) is 40.3 Å². The molecule has 4 heteroatoms. The summed E-state index contributed by atoms with van der Waals surface area (Å²) in [4.78, 5) is 12.3. The lowest BCUT2D eigenvalue weighted by atomic mass is 10.1. The lowest BCUT2D eigenvalue weighted by Gasteiger charge is -2.18. The highest BCUT2D eigenvalue weighted by Gasteiger charge is 2.16. The van der Waals surface area contributed by atoms with E-state index in [0.717, 1.165) is 33.8 Å². The van der Waals surface area contributed by atoms with Crippen LogP contribution >= 0.6 is 0 Å². The molecule has 0 saturated heterocycles. The minimum absolute atomic E-state index is 0.153. The summed E-state index contributed by atoms with van der Waals surface area (Å²) in [6.45, 7) is 8.23. The first-order valence-electron chi connectivity index (χ1n) is 8.06. The Morgan fingerprint density at radius 1 is 1.12 bits per heavy atom. The molecule has 0 saturated carbocycles. The van der Waals surface area contributed by atoms with Crippen LogP contribution in [-0.4, -0.2) is 19.1 Å². The molecular weight excluding hydrogens is 302 g/mol. The predicted octanol–water partition coefficient (Wildman–Crippen LogP) is 3.70. The van der Waals surface area contributed by atoms with Crippen LogP contribution in [0, 0.1) is 20.8 Å². The molecule has 2 rings (SSSR count). The molecule has 1 atom stereocenters. The van der Waals surface area contributed by atoms with Crippen LogP contribution in [-0.2, 0) is 11.3 Å². The van der Waals surface area contributed by atoms with Crippen molar-refractivity contribution in [2.24, 2.45) is 0 Å². The van der Waals surface area contributed by atoms with Crippen molar-refractivity contribution in [1.82, 2.24) is 5.32 Å². The van der Waals surface area contributed by atoms with E-state index in [2.05, 4.69) is 11.4 Å². The normalized spacial score (nSPS) is 11.7. The Hall–Kier alpha value is -2.49. The number of para-hydroxylation sites is 1. The number of methoxy groups -OCH3 is 1. The zero-order valence-electron chi connectivity index (χ0n) is 15.0. The SMILES string of the molecule is COc1ccccc1CNC(=O)[C@@H](C)Oc1cc(C)cc(C)c1C. The van der Waals surface area contributed by atoms with Crippen molar-refractivity contribution in [3.05, 3.63) is 58.7 Å². The van der Waals surface area contributed by atoms with Crippen LogP contribution in [0.25, 0.3) is 0 Å². The molecule has 0 aliphatic rings. The van der Waals surface area contributed by atoms with E-state index in [4.69, 9.17) is 9.47 Å². The zero-order chi connectivity index (χ0) is 17.7. The summed E-state index contributed by atoms with van der Waals surface area (Å²) < 4.78 is 11.2. The maximum Gasteiger partial charge on any atom is 0.261 e. The Kier molecular flexibility index (Phi) is 5.85. The summed E-state index contributed by atoms with van der Waals surface area (Å²) in [7, 11) is 1.62. The van der Waals surface area contributed by atoms with E-state index < -0.39 is 6.10 Å². The average Bonchev–Trinajstić information content (AvgIpc) is 2.57. The number of hydrogen-bond acceptors (Lipinski definition) is 3. The van der Waals surface area contributed by atoms with Gasteiger partial charge in [0.25, 0.3) is 5.91 Å². The molecule has 0 fully saturated rings. The molecule has 0 heterocycles. The molecule has 0 aliphatic carbocycles. The third kappa shape index (κ3) is 4.28. The fraction of sp³-hybridized carbons (Fsp3) is 0.350. The molecule has 4 nitrogen and oxygen atoms in total. The van der Waals surface area contributed by atoms with Crippen molar-refractivity contribution >= 4 is 5.91 Å². The third-order valence-corrected chi connectivity index (χ3v) is 4.08. The van der Waals surface area contributed by atoms with Gasteiger partial charge in [-0.2, -0.15) is 0 Å². The summed E-state index contributed by atoms with van der Waals surface area (Å²) in [5, 5.41) is 2.90. The number of carbonyl (C=O) groups excluding carboxylic acids is 1. The Labute approximate surface area is 143 Å². The first-order valence-corrected chi connectivity index (χ1v) is 8.06. The highest BCUT2D eigenvalue weighted by atomic mass is 16.5. The number of hydrogen-bond donors (Lipinski definition) is 1. The van der Waals surface area contributed by atoms with Crippen molar-refractivity contribution in [3.63, 3.8) is 0 Å². The summed E-state index contributed by atoms with van der Waals surface area (Å²) >= 11 is 0. The standard InChI is InChI=1S/C20H25NO3/c1-13-10-14(2)15(3)19(11-13)24-16(4)20(22)21-12-17-8-6-7-9-18(17)23-5/h6-11,16H,12H2,1-5H3,(H,21,22)/t16-/m1/s1. The lowest BCUT2D eigenvalue weighted by Crippen LogP contribution is -2.36. The van der Waals surface area contributed by atoms with Crippen molar-refractivity contribution in [3.8, 4) is 11.5 Å². The maximum atomic E-state index is 12.3. The summed E-state index contributed by atoms with van der Waals surface area (Å²) in [5.74, 6) is 1.36. The molecule has 24 heavy (non-hydrogen) atoms. The van der Waals surface area contributed by atoms with E-state index in [0.29, 0.717) is 6.54 Å². The van der Waals surface area contributed by atoms with Crippen molar-refractivity contribution in [1.29, 1.82) is 0 Å². The minimum Gasteiger partial charge on any atom is -0.496 e. The van der Waals surface area contributed by atoms with Gasteiger partial charge in [-0.05, 0) is 56.5 Å². The van der Waals surface area contributed by atoms with Gasteiger partial charge in [0.2, 0.25) is 0 Å². The molecule has 0 bridgehead atoms. The van der Waals surface area contributed by atoms with Crippen LogP contribution in [0.1, 0.15) is 29.2 Å². The molecule has 0 aromatic heterocycles. The first kappa shape index (κ1) is 17.9. The van der Waals surface area contributed by atoms with Gasteiger partial charge >= 0.3 is 0 Å². The molecule has 0 aliphatic heterocycles. The Morgan fingerprint density at radius 2 is 1.83 bits per heavy atom. The molecule has 2 aromatic carbocycles. The van der Waals surface area contributed by atoms with Crippen molar-refractivity contribution < 1.29 is 14.3 Å². The van der Waals surface area contributed by atoms with Gasteiger partial charge in [-0.1, -0.05) is 24.3 Å². The van der Waals surface area contributed by atoms with Gasteiger partial charge in [-0.15, -0.1) is 0 Å². The second-order valence-corrected chi connectivity index (χ2v) is 5.99. The van der Waals surface area contributed by atoms with E-state index >= 15 is 0 Å². The molecule has 1 N–H and O–H groups in total. The number of carbonyl (C=O) groups is 1. The second-order valence-electron chi connectivity index (χ2n) is 5.99. The fourth-order valence-electron chi connectivity index (χ4n) is 2.54. The Morgan fingerprint density at radius 3 is 2.54 bits per heavy atom. The highest BCUT2D eigenvalue weighted by Crippen LogP contribution is 2.24. The fourth-order valence-corrected chi connectivity index (χ4v) is 2.54. The largest absolute Gasteiger partial charge is 0.496 e. The monoisotopic (exact) mass is 327 g/mol. The zero-order valence-corrected chi connectivity index (χ0v) is 15.0. The number of rotatable bonds is 6. The van der Waals surface area contributed by atoms with E-state index in [1.165, 1.54) is 0 Å². The smallest absolute Gasteiger partial charge is 0.261 e. The maximum absolute atomic E-state index is 12.3. The number of benzene rings is 2. The number of nitrogens with one attached hydrogen (secondary N) is 1. The van der Waals surface area contributed by atoms with E-state index in [9.17, 15) is 4.79 Å². The summed E-state index contributed by atoms with van der Waals surface area (Å²) in [5.41, 5.74) is 4.27. The summed E-state index contributed by atoms with van der Waals surface area (Å²) in [6.07, 6.45) is -0.570. The third-order valence-electron chi connectivity index (χ3n) is 4.08. The van der Waals surface area contributed by atoms with Crippen LogP contribution in [0.3, 0.4) is 0 Å². The second kappa shape index (κ2) is 7.86. The molecule has 128 valence electrons. The average molecular weight is 327 g/mol. The van der Waals surface area contributed by atoms with Gasteiger partial charge in [0.1, 0.15) is 11.5 Å². The van der Waals surface area contributed by atoms with Crippen molar-refractivity contribution in [2.75, 3.05) is 7.11 Å². The predicted molar refractivity (Wildman–Crippen MR) is 95.6 cm³/mol. The molecular formula is C20H25NO3. The number of aryl methyl sites for hydroxylation is 2. The van der Waals surface area contributed by atoms with Crippen LogP contribution < -0.4 is 14.8 Å². The van der Waals surface area contributed by atoms with Gasteiger partial charge in [0.05, 0.1) is 7.11 Å². The van der Waals surface area contributed by atoms with Crippen LogP contribution in [0.15, 0.2) is 36.4 Å². The van der Waals surface area contributed by atoms with Gasteiger partial charge < -0.3 is 14.8 Å². The van der Waals surface area contributed by atoms with Crippen LogP contribution in [0.4, 0.5) is 0 Å². The molecule has 0 unspecified atom stereocenters. The molecule has 0 spiro atoms. The van der Waals surface area contributed by atoms with E-state index in [-0.39, 0.29) is 5.91 Å². The summed E-state index contributed by atoms with van der Waals surface area (Å²) in [6, 6.07) is 11.7.